The third-order valence-corrected chi connectivity index (χ3v) is 2.82. The number of carbonyl (C=O) groups is 1. The van der Waals surface area contributed by atoms with Crippen LogP contribution in [-0.2, 0) is 11.8 Å². The lowest BCUT2D eigenvalue weighted by Crippen LogP contribution is -2.32. The molecule has 22 heavy (non-hydrogen) atoms. The van der Waals surface area contributed by atoms with Crippen LogP contribution in [-0.4, -0.2) is 33.0 Å². The summed E-state index contributed by atoms with van der Waals surface area (Å²) in [6, 6.07) is 0. The number of amides is 1. The topological polar surface area (TPSA) is 69.0 Å². The summed E-state index contributed by atoms with van der Waals surface area (Å²) in [6.07, 6.45) is 5.37. The van der Waals surface area contributed by atoms with E-state index in [0.717, 1.165) is 16.5 Å². The van der Waals surface area contributed by atoms with E-state index in [1.54, 1.807) is 23.3 Å². The molecule has 0 saturated carbocycles. The van der Waals surface area contributed by atoms with Crippen LogP contribution >= 0.6 is 0 Å². The van der Waals surface area contributed by atoms with Gasteiger partial charge < -0.3 is 10.1 Å². The molecule has 0 aliphatic heterocycles. The van der Waals surface area contributed by atoms with Crippen molar-refractivity contribution in [1.29, 1.82) is 0 Å². The standard InChI is InChI=1S/C16H20N4O2/c1-16(2,3)22-15(21)18-8-6-5-7-12-9-17-11-14-13(12)10-19-20(14)4/h9-11H,6,8H2,1-4H3,(H,18,21). The number of alkyl carbamates (subject to hydrolysis) is 1. The predicted molar refractivity (Wildman–Crippen MR) is 84.2 cm³/mol. The second-order valence-corrected chi connectivity index (χ2v) is 5.87. The molecule has 2 rings (SSSR count). The molecule has 2 heterocycles. The summed E-state index contributed by atoms with van der Waals surface area (Å²) in [5.74, 6) is 6.09. The van der Waals surface area contributed by atoms with E-state index >= 15 is 0 Å². The van der Waals surface area contributed by atoms with Gasteiger partial charge in [0.15, 0.2) is 0 Å². The summed E-state index contributed by atoms with van der Waals surface area (Å²) in [4.78, 5) is 15.6. The first-order chi connectivity index (χ1) is 10.4. The molecule has 1 N–H and O–H groups in total. The number of hydrogen-bond donors (Lipinski definition) is 1. The zero-order chi connectivity index (χ0) is 16.2. The van der Waals surface area contributed by atoms with E-state index in [-0.39, 0.29) is 0 Å². The number of hydrogen-bond acceptors (Lipinski definition) is 4. The molecule has 6 nitrogen and oxygen atoms in total. The van der Waals surface area contributed by atoms with Crippen molar-refractivity contribution in [3.63, 3.8) is 0 Å². The predicted octanol–water partition coefficient (Wildman–Crippen LogP) is 2.23. The minimum absolute atomic E-state index is 0.426. The molecule has 1 amide bonds. The number of ether oxygens (including phenoxy) is 1. The molecule has 0 unspecified atom stereocenters. The van der Waals surface area contributed by atoms with Gasteiger partial charge in [0.25, 0.3) is 0 Å². The quantitative estimate of drug-likeness (QED) is 0.682. The van der Waals surface area contributed by atoms with Crippen LogP contribution < -0.4 is 5.32 Å². The molecule has 2 aromatic rings. The van der Waals surface area contributed by atoms with Crippen molar-refractivity contribution in [1.82, 2.24) is 20.1 Å². The molecule has 0 spiro atoms. The Bertz CT molecular complexity index is 732. The monoisotopic (exact) mass is 300 g/mol. The van der Waals surface area contributed by atoms with Crippen LogP contribution in [0.1, 0.15) is 32.8 Å². The molecule has 0 aliphatic carbocycles. The van der Waals surface area contributed by atoms with Crippen LogP contribution in [0.2, 0.25) is 0 Å². The van der Waals surface area contributed by atoms with Gasteiger partial charge in [-0.25, -0.2) is 4.79 Å². The van der Waals surface area contributed by atoms with Crippen LogP contribution in [0, 0.1) is 11.8 Å². The van der Waals surface area contributed by atoms with Crippen molar-refractivity contribution >= 4 is 17.0 Å². The molecule has 0 radical (unpaired) electrons. The maximum Gasteiger partial charge on any atom is 0.407 e. The van der Waals surface area contributed by atoms with Crippen molar-refractivity contribution in [2.24, 2.45) is 7.05 Å². The van der Waals surface area contributed by atoms with Crippen molar-refractivity contribution in [2.75, 3.05) is 6.54 Å². The largest absolute Gasteiger partial charge is 0.444 e. The normalized spacial score (nSPS) is 10.9. The van der Waals surface area contributed by atoms with Gasteiger partial charge in [-0.3, -0.25) is 9.67 Å². The number of carbonyl (C=O) groups excluding carboxylic acids is 1. The molecule has 0 atom stereocenters. The van der Waals surface area contributed by atoms with Crippen molar-refractivity contribution < 1.29 is 9.53 Å². The van der Waals surface area contributed by atoms with Crippen molar-refractivity contribution in [3.8, 4) is 11.8 Å². The maximum absolute atomic E-state index is 11.5. The first-order valence-corrected chi connectivity index (χ1v) is 7.08. The highest BCUT2D eigenvalue weighted by Gasteiger charge is 2.15. The van der Waals surface area contributed by atoms with E-state index in [1.807, 2.05) is 27.8 Å². The van der Waals surface area contributed by atoms with Gasteiger partial charge in [0.2, 0.25) is 0 Å². The van der Waals surface area contributed by atoms with Gasteiger partial charge in [-0.1, -0.05) is 11.8 Å². The Morgan fingerprint density at radius 3 is 2.86 bits per heavy atom. The highest BCUT2D eigenvalue weighted by atomic mass is 16.6. The summed E-state index contributed by atoms with van der Waals surface area (Å²) >= 11 is 0. The number of nitrogens with one attached hydrogen (secondary N) is 1. The van der Waals surface area contributed by atoms with E-state index in [2.05, 4.69) is 27.2 Å². The molecule has 2 aromatic heterocycles. The molecular weight excluding hydrogens is 280 g/mol. The number of fused-ring (bicyclic) bond motifs is 1. The molecule has 0 saturated heterocycles. The molecule has 6 heteroatoms. The van der Waals surface area contributed by atoms with Gasteiger partial charge in [0, 0.05) is 31.6 Å². The fourth-order valence-corrected chi connectivity index (χ4v) is 1.86. The van der Waals surface area contributed by atoms with Gasteiger partial charge >= 0.3 is 6.09 Å². The molecule has 0 fully saturated rings. The van der Waals surface area contributed by atoms with Crippen LogP contribution in [0.3, 0.4) is 0 Å². The van der Waals surface area contributed by atoms with Gasteiger partial charge in [-0.15, -0.1) is 0 Å². The van der Waals surface area contributed by atoms with E-state index in [1.165, 1.54) is 0 Å². The summed E-state index contributed by atoms with van der Waals surface area (Å²) in [5, 5.41) is 7.84. The highest BCUT2D eigenvalue weighted by Crippen LogP contribution is 2.14. The first kappa shape index (κ1) is 15.8. The number of nitrogens with zero attached hydrogens (tertiary/aromatic N) is 3. The van der Waals surface area contributed by atoms with Gasteiger partial charge in [0.1, 0.15) is 5.60 Å². The second-order valence-electron chi connectivity index (χ2n) is 5.87. The minimum atomic E-state index is -0.489. The molecule has 0 aromatic carbocycles. The Morgan fingerprint density at radius 1 is 1.36 bits per heavy atom. The lowest BCUT2D eigenvalue weighted by Gasteiger charge is -2.19. The minimum Gasteiger partial charge on any atom is -0.444 e. The van der Waals surface area contributed by atoms with E-state index < -0.39 is 11.7 Å². The third-order valence-electron chi connectivity index (χ3n) is 2.82. The number of pyridine rings is 1. The number of aryl methyl sites for hydroxylation is 1. The molecule has 0 aliphatic rings. The van der Waals surface area contributed by atoms with Gasteiger partial charge in [-0.05, 0) is 20.8 Å². The average molecular weight is 300 g/mol. The van der Waals surface area contributed by atoms with E-state index in [9.17, 15) is 4.79 Å². The van der Waals surface area contributed by atoms with E-state index in [4.69, 9.17) is 4.74 Å². The SMILES string of the molecule is Cn1ncc2c(C#CCCNC(=O)OC(C)(C)C)cncc21. The van der Waals surface area contributed by atoms with Crippen LogP contribution in [0.5, 0.6) is 0 Å². The maximum atomic E-state index is 11.5. The van der Waals surface area contributed by atoms with Crippen molar-refractivity contribution in [2.45, 2.75) is 32.8 Å². The average Bonchev–Trinajstić information content (AvgIpc) is 2.79. The summed E-state index contributed by atoms with van der Waals surface area (Å²) < 4.78 is 6.91. The highest BCUT2D eigenvalue weighted by molar-refractivity contribution is 5.83. The summed E-state index contributed by atoms with van der Waals surface area (Å²) in [7, 11) is 1.87. The number of aromatic nitrogens is 3. The van der Waals surface area contributed by atoms with Gasteiger partial charge in [0.05, 0.1) is 23.5 Å². The molecular formula is C16H20N4O2. The Hall–Kier alpha value is -2.55. The Labute approximate surface area is 129 Å². The van der Waals surface area contributed by atoms with Crippen LogP contribution in [0.15, 0.2) is 18.6 Å². The smallest absolute Gasteiger partial charge is 0.407 e. The lowest BCUT2D eigenvalue weighted by molar-refractivity contribution is 0.0529. The zero-order valence-electron chi connectivity index (χ0n) is 13.3. The van der Waals surface area contributed by atoms with Gasteiger partial charge in [-0.2, -0.15) is 5.10 Å². The lowest BCUT2D eigenvalue weighted by atomic mass is 10.2. The van der Waals surface area contributed by atoms with E-state index in [0.29, 0.717) is 13.0 Å². The Balaban J connectivity index is 1.90. The summed E-state index contributed by atoms with van der Waals surface area (Å²) in [5.41, 5.74) is 1.29. The first-order valence-electron chi connectivity index (χ1n) is 7.08. The van der Waals surface area contributed by atoms with Crippen LogP contribution in [0.25, 0.3) is 10.9 Å². The molecule has 0 bridgehead atoms. The Kier molecular flexibility index (Phi) is 4.66. The second kappa shape index (κ2) is 6.48. The summed E-state index contributed by atoms with van der Waals surface area (Å²) in [6.45, 7) is 5.92. The third kappa shape index (κ3) is 4.22. The zero-order valence-corrected chi connectivity index (χ0v) is 13.3. The Morgan fingerprint density at radius 2 is 2.14 bits per heavy atom. The number of rotatable bonds is 2. The fourth-order valence-electron chi connectivity index (χ4n) is 1.86. The van der Waals surface area contributed by atoms with Crippen molar-refractivity contribution in [3.05, 3.63) is 24.2 Å². The fraction of sp³-hybridized carbons (Fsp3) is 0.438. The van der Waals surface area contributed by atoms with Crippen LogP contribution in [0.4, 0.5) is 4.79 Å². The molecule has 116 valence electrons.